The minimum Gasteiger partial charge on any atom is -0.335 e. The van der Waals surface area contributed by atoms with E-state index in [1.54, 1.807) is 92.1 Å². The molecule has 0 N–H and O–H groups in total. The molecule has 8 rings (SSSR count). The maximum Gasteiger partial charge on any atom is 0.184 e. The molecule has 0 atom stereocenters. The van der Waals surface area contributed by atoms with Gasteiger partial charge in [0, 0.05) is 194 Å². The van der Waals surface area contributed by atoms with Crippen LogP contribution in [0.1, 0.15) is 46.6 Å². The molecular formula is C48H56N16Zn2. The molecule has 0 aliphatic rings. The van der Waals surface area contributed by atoms with Gasteiger partial charge < -0.3 is 36.5 Å². The summed E-state index contributed by atoms with van der Waals surface area (Å²) >= 11 is 0. The second kappa shape index (κ2) is 34.6. The predicted molar refractivity (Wildman–Crippen MR) is 258 cm³/mol. The summed E-state index contributed by atoms with van der Waals surface area (Å²) in [7, 11) is 15.2. The van der Waals surface area contributed by atoms with Crippen LogP contribution in [0.15, 0.2) is 125 Å². The molecule has 18 heteroatoms. The zero-order chi connectivity index (χ0) is 47.9. The Labute approximate surface area is 415 Å². The second-order valence-corrected chi connectivity index (χ2v) is 12.4. The Kier molecular flexibility index (Phi) is 31.6. The molecule has 0 saturated heterocycles. The van der Waals surface area contributed by atoms with Gasteiger partial charge in [0.1, 0.15) is 23.3 Å². The van der Waals surface area contributed by atoms with E-state index in [4.69, 9.17) is 25.7 Å². The van der Waals surface area contributed by atoms with Gasteiger partial charge in [-0.25, -0.2) is 39.9 Å². The molecule has 8 aromatic rings. The molecule has 332 valence electrons. The summed E-state index contributed by atoms with van der Waals surface area (Å²) in [5.41, 5.74) is 0. The van der Waals surface area contributed by atoms with Gasteiger partial charge in [-0.1, -0.05) is 26.3 Å². The van der Waals surface area contributed by atoms with Crippen molar-refractivity contribution in [3.8, 4) is 49.4 Å². The van der Waals surface area contributed by atoms with Crippen LogP contribution < -0.4 is 0 Å². The van der Waals surface area contributed by atoms with Crippen LogP contribution in [0.3, 0.4) is 0 Å². The number of aromatic nitrogens is 16. The molecule has 0 bridgehead atoms. The maximum atomic E-state index is 5.06. The summed E-state index contributed by atoms with van der Waals surface area (Å²) in [6, 6.07) is 0. The minimum atomic E-state index is 0. The van der Waals surface area contributed by atoms with Crippen LogP contribution in [-0.2, 0) is 95.3 Å². The molecule has 0 aromatic carbocycles. The number of aryl methyl sites for hydroxylation is 8. The van der Waals surface area contributed by atoms with Crippen molar-refractivity contribution in [3.63, 3.8) is 0 Å². The normalized spacial score (nSPS) is 8.55. The zero-order valence-corrected chi connectivity index (χ0v) is 45.2. The topological polar surface area (TPSA) is 143 Å². The second-order valence-electron chi connectivity index (χ2n) is 12.4. The number of hydrogen-bond acceptors (Lipinski definition) is 8. The molecule has 8 aromatic heterocycles. The number of imidazole rings is 8. The van der Waals surface area contributed by atoms with Crippen LogP contribution in [0.5, 0.6) is 0 Å². The van der Waals surface area contributed by atoms with Gasteiger partial charge in [0.25, 0.3) is 0 Å². The van der Waals surface area contributed by atoms with E-state index in [0.717, 1.165) is 23.3 Å². The van der Waals surface area contributed by atoms with Gasteiger partial charge in [0.2, 0.25) is 0 Å². The molecule has 0 radical (unpaired) electrons. The van der Waals surface area contributed by atoms with E-state index >= 15 is 0 Å². The third kappa shape index (κ3) is 22.0. The molecule has 0 aliphatic heterocycles. The fourth-order valence-corrected chi connectivity index (χ4v) is 4.31. The first-order valence-corrected chi connectivity index (χ1v) is 18.9. The van der Waals surface area contributed by atoms with Crippen molar-refractivity contribution in [3.05, 3.63) is 172 Å². The van der Waals surface area contributed by atoms with E-state index in [1.165, 1.54) is 0 Å². The van der Waals surface area contributed by atoms with Crippen molar-refractivity contribution in [2.75, 3.05) is 0 Å². The van der Waals surface area contributed by atoms with Gasteiger partial charge >= 0.3 is 0 Å². The molecule has 16 nitrogen and oxygen atoms in total. The van der Waals surface area contributed by atoms with Crippen molar-refractivity contribution < 1.29 is 39.0 Å². The third-order valence-corrected chi connectivity index (χ3v) is 7.97. The van der Waals surface area contributed by atoms with Crippen molar-refractivity contribution in [1.29, 1.82) is 0 Å². The van der Waals surface area contributed by atoms with Gasteiger partial charge in [-0.05, 0) is 48.0 Å². The average molecular weight is 988 g/mol. The molecule has 0 aliphatic carbocycles. The molecule has 0 unspecified atom stereocenters. The summed E-state index contributed by atoms with van der Waals surface area (Å²) in [4.78, 5) is 31.4. The quantitative estimate of drug-likeness (QED) is 0.158. The Hall–Kier alpha value is -7.87. The Balaban J connectivity index is 0. The fourth-order valence-electron chi connectivity index (χ4n) is 4.31. The third-order valence-electron chi connectivity index (χ3n) is 7.97. The largest absolute Gasteiger partial charge is 0.335 e. The molecule has 0 amide bonds. The van der Waals surface area contributed by atoms with E-state index in [0.29, 0.717) is 23.3 Å². The van der Waals surface area contributed by atoms with E-state index in [-0.39, 0.29) is 39.0 Å². The van der Waals surface area contributed by atoms with Crippen LogP contribution >= 0.6 is 0 Å². The molecular weight excluding hydrogens is 931 g/mol. The predicted octanol–water partition coefficient (Wildman–Crippen LogP) is 5.85. The number of terminal acetylenes is 4. The maximum absolute atomic E-state index is 5.06. The Bertz CT molecular complexity index is 2390. The first-order chi connectivity index (χ1) is 30.7. The minimum absolute atomic E-state index is 0. The first kappa shape index (κ1) is 60.2. The fraction of sp³-hybridized carbons (Fsp3) is 0.167. The smallest absolute Gasteiger partial charge is 0.184 e. The molecule has 66 heavy (non-hydrogen) atoms. The standard InChI is InChI=1S/4C6H8N2.4C6H6N2.2Zn/c8*1-3-6-7-4-5-8(6)2;;/h4*3-5H,1H2,2H3;4*1,4-5H,2H3;;. The average Bonchev–Trinajstić information content (AvgIpc) is 4.16. The van der Waals surface area contributed by atoms with Crippen LogP contribution in [0.4, 0.5) is 0 Å². The van der Waals surface area contributed by atoms with Gasteiger partial charge in [-0.3, -0.25) is 0 Å². The summed E-state index contributed by atoms with van der Waals surface area (Å²) < 4.78 is 14.8. The van der Waals surface area contributed by atoms with E-state index in [9.17, 15) is 0 Å². The van der Waals surface area contributed by atoms with Crippen molar-refractivity contribution in [1.82, 2.24) is 76.4 Å². The monoisotopic (exact) mass is 984 g/mol. The van der Waals surface area contributed by atoms with Crippen LogP contribution in [0.2, 0.25) is 0 Å². The summed E-state index contributed by atoms with van der Waals surface area (Å²) in [6.45, 7) is 14.3. The Morgan fingerprint density at radius 2 is 0.470 bits per heavy atom. The van der Waals surface area contributed by atoms with Gasteiger partial charge in [-0.15, -0.1) is 25.7 Å². The number of nitrogens with zero attached hydrogens (tertiary/aromatic N) is 16. The van der Waals surface area contributed by atoms with Crippen molar-refractivity contribution in [2.45, 2.75) is 0 Å². The summed E-state index contributed by atoms with van der Waals surface area (Å²) in [6.07, 6.45) is 55.6. The summed E-state index contributed by atoms with van der Waals surface area (Å²) in [5.74, 6) is 16.0. The van der Waals surface area contributed by atoms with E-state index < -0.39 is 0 Å². The first-order valence-electron chi connectivity index (χ1n) is 18.9. The van der Waals surface area contributed by atoms with E-state index in [2.05, 4.69) is 89.9 Å². The Morgan fingerprint density at radius 3 is 0.530 bits per heavy atom. The molecule has 0 fully saturated rings. The SMILES string of the molecule is C#Cc1nccn1C.C#Cc1nccn1C.C#Cc1nccn1C.C#Cc1nccn1C.C=Cc1nccn1C.C=Cc1nccn1C.C=Cc1nccn1C.C=Cc1nccn1C.[Zn].[Zn]. The van der Waals surface area contributed by atoms with Crippen molar-refractivity contribution >= 4 is 24.3 Å². The van der Waals surface area contributed by atoms with Gasteiger partial charge in [0.05, 0.1) is 0 Å². The van der Waals surface area contributed by atoms with Crippen LogP contribution in [-0.4, -0.2) is 76.4 Å². The zero-order valence-electron chi connectivity index (χ0n) is 39.3. The van der Waals surface area contributed by atoms with Crippen molar-refractivity contribution in [2.24, 2.45) is 56.4 Å². The molecule has 0 saturated carbocycles. The number of rotatable bonds is 4. The molecule has 8 heterocycles. The van der Waals surface area contributed by atoms with E-state index in [1.807, 2.05) is 124 Å². The number of hydrogen-bond donors (Lipinski definition) is 0. The van der Waals surface area contributed by atoms with Crippen LogP contribution in [0, 0.1) is 49.4 Å². The van der Waals surface area contributed by atoms with Gasteiger partial charge in [0.15, 0.2) is 23.3 Å². The Morgan fingerprint density at radius 1 is 0.318 bits per heavy atom. The van der Waals surface area contributed by atoms with Crippen LogP contribution in [0.25, 0.3) is 24.3 Å². The van der Waals surface area contributed by atoms with Gasteiger partial charge in [-0.2, -0.15) is 0 Å². The molecule has 0 spiro atoms. The summed E-state index contributed by atoms with van der Waals surface area (Å²) in [5, 5.41) is 0.